The third-order valence-electron chi connectivity index (χ3n) is 4.89. The van der Waals surface area contributed by atoms with Crippen molar-refractivity contribution < 1.29 is 4.79 Å². The van der Waals surface area contributed by atoms with Crippen LogP contribution in [0, 0.1) is 0 Å². The van der Waals surface area contributed by atoms with Gasteiger partial charge in [-0.05, 0) is 36.6 Å². The predicted molar refractivity (Wildman–Crippen MR) is 101 cm³/mol. The van der Waals surface area contributed by atoms with Crippen LogP contribution in [-0.4, -0.2) is 30.8 Å². The Labute approximate surface area is 147 Å². The van der Waals surface area contributed by atoms with E-state index in [1.165, 1.54) is 16.1 Å². The number of hydrogen-bond donors (Lipinski definition) is 0. The maximum absolute atomic E-state index is 13.0. The highest BCUT2D eigenvalue weighted by molar-refractivity contribution is 8.00. The van der Waals surface area contributed by atoms with Gasteiger partial charge < -0.3 is 9.80 Å². The third-order valence-corrected chi connectivity index (χ3v) is 6.31. The van der Waals surface area contributed by atoms with Crippen molar-refractivity contribution in [2.45, 2.75) is 29.9 Å². The molecule has 3 nitrogen and oxygen atoms in total. The molecule has 0 saturated heterocycles. The van der Waals surface area contributed by atoms with E-state index in [-0.39, 0.29) is 5.91 Å². The molecule has 0 N–H and O–H groups in total. The number of nitrogens with zero attached hydrogens (tertiary/aromatic N) is 2. The Morgan fingerprint density at radius 1 is 1.12 bits per heavy atom. The van der Waals surface area contributed by atoms with Crippen LogP contribution in [0.4, 0.5) is 11.4 Å². The van der Waals surface area contributed by atoms with Crippen LogP contribution in [0.5, 0.6) is 0 Å². The first kappa shape index (κ1) is 15.6. The van der Waals surface area contributed by atoms with E-state index in [4.69, 9.17) is 0 Å². The monoisotopic (exact) mass is 338 g/mol. The lowest BCUT2D eigenvalue weighted by Gasteiger charge is -2.35. The Hall–Kier alpha value is -1.94. The number of carbonyl (C=O) groups is 1. The van der Waals surface area contributed by atoms with Crippen LogP contribution in [0.3, 0.4) is 0 Å². The zero-order valence-electron chi connectivity index (χ0n) is 13.9. The van der Waals surface area contributed by atoms with E-state index in [0.717, 1.165) is 31.6 Å². The summed E-state index contributed by atoms with van der Waals surface area (Å²) >= 11 is 1.94. The summed E-state index contributed by atoms with van der Waals surface area (Å²) in [7, 11) is 0. The van der Waals surface area contributed by atoms with Crippen molar-refractivity contribution in [1.82, 2.24) is 0 Å². The van der Waals surface area contributed by atoms with E-state index in [9.17, 15) is 4.79 Å². The molecule has 0 aromatic heterocycles. The van der Waals surface area contributed by atoms with Gasteiger partial charge in [0.2, 0.25) is 5.91 Å². The highest BCUT2D eigenvalue weighted by Crippen LogP contribution is 2.39. The smallest absolute Gasteiger partial charge is 0.246 e. The van der Waals surface area contributed by atoms with Crippen LogP contribution in [0.2, 0.25) is 0 Å². The van der Waals surface area contributed by atoms with Gasteiger partial charge in [0.15, 0.2) is 0 Å². The summed E-state index contributed by atoms with van der Waals surface area (Å²) in [6.45, 7) is 4.43. The lowest BCUT2D eigenvalue weighted by atomic mass is 10.2. The fraction of sp³-hybridized carbons (Fsp3) is 0.350. The minimum Gasteiger partial charge on any atom is -0.360 e. The number of para-hydroxylation sites is 2. The zero-order valence-corrected chi connectivity index (χ0v) is 14.8. The molecule has 0 spiro atoms. The minimum absolute atomic E-state index is 0.205. The first-order chi connectivity index (χ1) is 11.8. The molecule has 2 aromatic rings. The van der Waals surface area contributed by atoms with Gasteiger partial charge in [-0.1, -0.05) is 37.3 Å². The zero-order chi connectivity index (χ0) is 16.5. The van der Waals surface area contributed by atoms with E-state index in [0.29, 0.717) is 11.8 Å². The second-order valence-corrected chi connectivity index (χ2v) is 7.76. The summed E-state index contributed by atoms with van der Waals surface area (Å²) < 4.78 is 0. The second-order valence-electron chi connectivity index (χ2n) is 6.42. The van der Waals surface area contributed by atoms with Crippen molar-refractivity contribution in [3.63, 3.8) is 0 Å². The maximum atomic E-state index is 13.0. The highest BCUT2D eigenvalue weighted by atomic mass is 32.2. The van der Waals surface area contributed by atoms with E-state index >= 15 is 0 Å². The van der Waals surface area contributed by atoms with Gasteiger partial charge in [0.1, 0.15) is 0 Å². The van der Waals surface area contributed by atoms with Gasteiger partial charge in [-0.15, -0.1) is 11.8 Å². The molecule has 2 aliphatic rings. The first-order valence-electron chi connectivity index (χ1n) is 8.65. The normalized spacial score (nSPS) is 19.1. The molecule has 0 aliphatic carbocycles. The van der Waals surface area contributed by atoms with Gasteiger partial charge in [0.25, 0.3) is 0 Å². The number of thioether (sulfide) groups is 1. The van der Waals surface area contributed by atoms with Gasteiger partial charge in [0.05, 0.1) is 12.2 Å². The molecule has 4 rings (SSSR count). The Kier molecular flexibility index (Phi) is 4.23. The largest absolute Gasteiger partial charge is 0.360 e. The van der Waals surface area contributed by atoms with Crippen molar-refractivity contribution in [3.05, 3.63) is 54.1 Å². The lowest BCUT2D eigenvalue weighted by Crippen LogP contribution is -2.43. The second kappa shape index (κ2) is 6.52. The Balaban J connectivity index is 1.56. The molecular formula is C20H22N2OS. The van der Waals surface area contributed by atoms with Crippen LogP contribution < -0.4 is 9.80 Å². The number of carbonyl (C=O) groups excluding carboxylic acids is 1. The standard InChI is InChI=1S/C20H22N2OS/c1-2-16-13-21(18-9-5-6-10-19(18)24-16)14-20(23)22-12-11-15-7-3-4-8-17(15)22/h3-10,16H,2,11-14H2,1H3. The minimum atomic E-state index is 0.205. The van der Waals surface area contributed by atoms with Crippen molar-refractivity contribution in [2.24, 2.45) is 0 Å². The van der Waals surface area contributed by atoms with E-state index in [2.05, 4.69) is 54.3 Å². The van der Waals surface area contributed by atoms with E-state index < -0.39 is 0 Å². The molecule has 1 amide bonds. The molecule has 1 atom stereocenters. The molecule has 0 saturated carbocycles. The van der Waals surface area contributed by atoms with Gasteiger partial charge in [-0.2, -0.15) is 0 Å². The van der Waals surface area contributed by atoms with Crippen LogP contribution in [0.25, 0.3) is 0 Å². The molecule has 2 aliphatic heterocycles. The summed E-state index contributed by atoms with van der Waals surface area (Å²) in [5.41, 5.74) is 3.58. The number of fused-ring (bicyclic) bond motifs is 2. The van der Waals surface area contributed by atoms with Gasteiger partial charge >= 0.3 is 0 Å². The highest BCUT2D eigenvalue weighted by Gasteiger charge is 2.29. The molecule has 2 heterocycles. The average Bonchev–Trinajstić information content (AvgIpc) is 3.05. The molecule has 4 heteroatoms. The van der Waals surface area contributed by atoms with Crippen LogP contribution in [0.15, 0.2) is 53.4 Å². The molecule has 0 fully saturated rings. The summed E-state index contributed by atoms with van der Waals surface area (Å²) in [4.78, 5) is 18.5. The van der Waals surface area contributed by atoms with Crippen molar-refractivity contribution in [1.29, 1.82) is 0 Å². The van der Waals surface area contributed by atoms with Crippen LogP contribution in [-0.2, 0) is 11.2 Å². The van der Waals surface area contributed by atoms with E-state index in [1.54, 1.807) is 0 Å². The van der Waals surface area contributed by atoms with Crippen molar-refractivity contribution in [2.75, 3.05) is 29.4 Å². The number of amides is 1. The lowest BCUT2D eigenvalue weighted by molar-refractivity contribution is -0.117. The molecular weight excluding hydrogens is 316 g/mol. The number of hydrogen-bond acceptors (Lipinski definition) is 3. The molecule has 0 radical (unpaired) electrons. The SMILES string of the molecule is CCC1CN(CC(=O)N2CCc3ccccc32)c2ccccc2S1. The fourth-order valence-electron chi connectivity index (χ4n) is 3.59. The molecule has 24 heavy (non-hydrogen) atoms. The topological polar surface area (TPSA) is 23.6 Å². The van der Waals surface area contributed by atoms with E-state index in [1.807, 2.05) is 22.7 Å². The summed E-state index contributed by atoms with van der Waals surface area (Å²) in [5, 5.41) is 0.554. The number of anilines is 2. The Morgan fingerprint density at radius 3 is 2.71 bits per heavy atom. The summed E-state index contributed by atoms with van der Waals surface area (Å²) in [5.74, 6) is 0.205. The summed E-state index contributed by atoms with van der Waals surface area (Å²) in [6, 6.07) is 16.7. The van der Waals surface area contributed by atoms with Crippen LogP contribution >= 0.6 is 11.8 Å². The van der Waals surface area contributed by atoms with Gasteiger partial charge in [-0.3, -0.25) is 4.79 Å². The third kappa shape index (κ3) is 2.80. The quantitative estimate of drug-likeness (QED) is 0.846. The van der Waals surface area contributed by atoms with Crippen molar-refractivity contribution >= 4 is 29.0 Å². The Morgan fingerprint density at radius 2 is 1.88 bits per heavy atom. The average molecular weight is 338 g/mol. The van der Waals surface area contributed by atoms with Crippen molar-refractivity contribution in [3.8, 4) is 0 Å². The summed E-state index contributed by atoms with van der Waals surface area (Å²) in [6.07, 6.45) is 2.09. The fourth-order valence-corrected chi connectivity index (χ4v) is 4.84. The van der Waals surface area contributed by atoms with Gasteiger partial charge in [0, 0.05) is 28.9 Å². The first-order valence-corrected chi connectivity index (χ1v) is 9.53. The number of benzene rings is 2. The number of rotatable bonds is 3. The predicted octanol–water partition coefficient (Wildman–Crippen LogP) is 3.97. The Bertz CT molecular complexity index is 761. The van der Waals surface area contributed by atoms with Gasteiger partial charge in [-0.25, -0.2) is 0 Å². The molecule has 1 unspecified atom stereocenters. The molecule has 2 aromatic carbocycles. The van der Waals surface area contributed by atoms with Crippen LogP contribution in [0.1, 0.15) is 18.9 Å². The maximum Gasteiger partial charge on any atom is 0.246 e. The molecule has 0 bridgehead atoms. The molecule has 124 valence electrons.